The minimum Gasteiger partial charge on any atom is -0.377 e. The van der Waals surface area contributed by atoms with E-state index in [1.54, 1.807) is 12.1 Å². The highest BCUT2D eigenvalue weighted by Gasteiger charge is 2.31. The topological polar surface area (TPSA) is 102 Å². The van der Waals surface area contributed by atoms with E-state index in [2.05, 4.69) is 19.2 Å². The maximum atomic E-state index is 12.7. The molecule has 1 unspecified atom stereocenters. The van der Waals surface area contributed by atoms with E-state index in [0.717, 1.165) is 10.5 Å². The molecule has 9 heteroatoms. The number of nitro benzene ring substituents is 1. The Hall–Kier alpha value is -3.17. The smallest absolute Gasteiger partial charge is 0.283 e. The Balaban J connectivity index is 1.82. The molecule has 1 aliphatic heterocycles. The summed E-state index contributed by atoms with van der Waals surface area (Å²) in [5.41, 5.74) is 1.63. The standard InChI is InChI=1S/C24H27N3O5S/c1-16(2)18-6-4-5-7-21(18)33-22-10-8-17(14-19(22)27(30)31)9-11-23(28)26-12-13-32-15-20(26)24(29)25-3/h4-11,14,16,20H,12-13,15H2,1-3H3,(H,25,29)/b11-9+. The van der Waals surface area contributed by atoms with Gasteiger partial charge in [0.2, 0.25) is 11.8 Å². The highest BCUT2D eigenvalue weighted by molar-refractivity contribution is 7.99. The van der Waals surface area contributed by atoms with Gasteiger partial charge in [-0.25, -0.2) is 0 Å². The zero-order valence-corrected chi connectivity index (χ0v) is 19.6. The molecule has 2 amide bonds. The second kappa shape index (κ2) is 11.1. The first kappa shape index (κ1) is 24.5. The Morgan fingerprint density at radius 3 is 2.70 bits per heavy atom. The molecule has 1 aliphatic rings. The molecule has 33 heavy (non-hydrogen) atoms. The predicted molar refractivity (Wildman–Crippen MR) is 127 cm³/mol. The lowest BCUT2D eigenvalue weighted by atomic mass is 10.0. The molecule has 0 bridgehead atoms. The van der Waals surface area contributed by atoms with Crippen molar-refractivity contribution in [3.8, 4) is 0 Å². The number of nitrogens with zero attached hydrogens (tertiary/aromatic N) is 2. The number of rotatable bonds is 7. The van der Waals surface area contributed by atoms with Gasteiger partial charge in [-0.1, -0.05) is 49.9 Å². The van der Waals surface area contributed by atoms with Crippen LogP contribution in [0.5, 0.6) is 0 Å². The summed E-state index contributed by atoms with van der Waals surface area (Å²) in [6.45, 7) is 4.95. The van der Waals surface area contributed by atoms with Crippen molar-refractivity contribution in [2.45, 2.75) is 35.6 Å². The molecule has 1 atom stereocenters. The van der Waals surface area contributed by atoms with Crippen LogP contribution < -0.4 is 5.32 Å². The van der Waals surface area contributed by atoms with Crippen LogP contribution in [0.4, 0.5) is 5.69 Å². The summed E-state index contributed by atoms with van der Waals surface area (Å²) in [4.78, 5) is 39.0. The second-order valence-corrected chi connectivity index (χ2v) is 8.93. The number of morpholine rings is 1. The monoisotopic (exact) mass is 469 g/mol. The molecular formula is C24H27N3O5S. The molecule has 2 aromatic rings. The lowest BCUT2D eigenvalue weighted by molar-refractivity contribution is -0.387. The third-order valence-electron chi connectivity index (χ3n) is 5.32. The molecule has 0 saturated carbocycles. The molecule has 1 saturated heterocycles. The van der Waals surface area contributed by atoms with Gasteiger partial charge in [-0.15, -0.1) is 0 Å². The minimum atomic E-state index is -0.699. The van der Waals surface area contributed by atoms with Crippen molar-refractivity contribution in [3.63, 3.8) is 0 Å². The number of likely N-dealkylation sites (N-methyl/N-ethyl adjacent to an activating group) is 1. The van der Waals surface area contributed by atoms with E-state index in [0.29, 0.717) is 29.5 Å². The Bertz CT molecular complexity index is 1070. The van der Waals surface area contributed by atoms with Crippen molar-refractivity contribution >= 4 is 35.3 Å². The fourth-order valence-electron chi connectivity index (χ4n) is 3.55. The van der Waals surface area contributed by atoms with E-state index in [9.17, 15) is 19.7 Å². The van der Waals surface area contributed by atoms with Crippen LogP contribution in [0.2, 0.25) is 0 Å². The Labute approximate surface area is 197 Å². The van der Waals surface area contributed by atoms with Crippen LogP contribution in [0.15, 0.2) is 58.3 Å². The average molecular weight is 470 g/mol. The SMILES string of the molecule is CNC(=O)C1COCCN1C(=O)/C=C/c1ccc(Sc2ccccc2C(C)C)c([N+](=O)[O-])c1. The number of nitro groups is 1. The van der Waals surface area contributed by atoms with Crippen LogP contribution >= 0.6 is 11.8 Å². The summed E-state index contributed by atoms with van der Waals surface area (Å²) in [5, 5.41) is 14.3. The first-order chi connectivity index (χ1) is 15.8. The van der Waals surface area contributed by atoms with Crippen LogP contribution in [0.1, 0.15) is 30.9 Å². The van der Waals surface area contributed by atoms with Gasteiger partial charge in [0.05, 0.1) is 23.0 Å². The van der Waals surface area contributed by atoms with E-state index >= 15 is 0 Å². The molecule has 1 fully saturated rings. The second-order valence-electron chi connectivity index (χ2n) is 7.85. The summed E-state index contributed by atoms with van der Waals surface area (Å²) in [6, 6.07) is 12.1. The Morgan fingerprint density at radius 2 is 2.00 bits per heavy atom. The molecule has 0 aromatic heterocycles. The van der Waals surface area contributed by atoms with Gasteiger partial charge in [0.15, 0.2) is 0 Å². The van der Waals surface area contributed by atoms with E-state index in [1.165, 1.54) is 41.9 Å². The van der Waals surface area contributed by atoms with Crippen LogP contribution in [-0.4, -0.2) is 54.5 Å². The number of hydrogen-bond donors (Lipinski definition) is 1. The summed E-state index contributed by atoms with van der Waals surface area (Å²) >= 11 is 1.36. The van der Waals surface area contributed by atoms with Gasteiger partial charge < -0.3 is 15.0 Å². The highest BCUT2D eigenvalue weighted by Crippen LogP contribution is 2.39. The maximum Gasteiger partial charge on any atom is 0.283 e. The quantitative estimate of drug-likeness (QED) is 0.375. The number of nitrogens with one attached hydrogen (secondary N) is 1. The van der Waals surface area contributed by atoms with Gasteiger partial charge in [-0.05, 0) is 35.3 Å². The van der Waals surface area contributed by atoms with Crippen LogP contribution in [0.25, 0.3) is 6.08 Å². The van der Waals surface area contributed by atoms with Gasteiger partial charge in [0, 0.05) is 30.6 Å². The van der Waals surface area contributed by atoms with Crippen molar-refractivity contribution in [1.82, 2.24) is 10.2 Å². The van der Waals surface area contributed by atoms with E-state index in [4.69, 9.17) is 4.74 Å². The number of benzene rings is 2. The third-order valence-corrected chi connectivity index (χ3v) is 6.48. The fourth-order valence-corrected chi connectivity index (χ4v) is 4.73. The predicted octanol–water partition coefficient (Wildman–Crippen LogP) is 3.86. The normalized spacial score (nSPS) is 16.2. The molecule has 174 valence electrons. The Kier molecular flexibility index (Phi) is 8.24. The molecule has 3 rings (SSSR count). The number of ether oxygens (including phenoxy) is 1. The van der Waals surface area contributed by atoms with Crippen LogP contribution in [0, 0.1) is 10.1 Å². The summed E-state index contributed by atoms with van der Waals surface area (Å²) in [5.74, 6) is -0.353. The first-order valence-corrected chi connectivity index (χ1v) is 11.5. The van der Waals surface area contributed by atoms with E-state index < -0.39 is 11.0 Å². The largest absolute Gasteiger partial charge is 0.377 e. The minimum absolute atomic E-state index is 0.0252. The number of carbonyl (C=O) groups is 2. The van der Waals surface area contributed by atoms with Gasteiger partial charge in [0.1, 0.15) is 6.04 Å². The number of amides is 2. The van der Waals surface area contributed by atoms with Gasteiger partial charge in [-0.2, -0.15) is 0 Å². The van der Waals surface area contributed by atoms with Crippen LogP contribution in [-0.2, 0) is 14.3 Å². The number of hydrogen-bond acceptors (Lipinski definition) is 6. The molecular weight excluding hydrogens is 442 g/mol. The van der Waals surface area contributed by atoms with Gasteiger partial charge in [-0.3, -0.25) is 19.7 Å². The van der Waals surface area contributed by atoms with Gasteiger partial charge in [0.25, 0.3) is 5.69 Å². The molecule has 2 aromatic carbocycles. The van der Waals surface area contributed by atoms with Gasteiger partial charge >= 0.3 is 0 Å². The lowest BCUT2D eigenvalue weighted by Crippen LogP contribution is -2.55. The fraction of sp³-hybridized carbons (Fsp3) is 0.333. The molecule has 0 aliphatic carbocycles. The zero-order valence-electron chi connectivity index (χ0n) is 18.8. The molecule has 0 radical (unpaired) electrons. The Morgan fingerprint density at radius 1 is 1.24 bits per heavy atom. The average Bonchev–Trinajstić information content (AvgIpc) is 2.82. The molecule has 1 N–H and O–H groups in total. The van der Waals surface area contributed by atoms with Crippen molar-refractivity contribution in [1.29, 1.82) is 0 Å². The lowest BCUT2D eigenvalue weighted by Gasteiger charge is -2.33. The highest BCUT2D eigenvalue weighted by atomic mass is 32.2. The van der Waals surface area contributed by atoms with Crippen molar-refractivity contribution in [3.05, 3.63) is 69.8 Å². The van der Waals surface area contributed by atoms with Crippen LogP contribution in [0.3, 0.4) is 0 Å². The first-order valence-electron chi connectivity index (χ1n) is 10.6. The molecule has 1 heterocycles. The summed E-state index contributed by atoms with van der Waals surface area (Å²) in [7, 11) is 1.51. The summed E-state index contributed by atoms with van der Waals surface area (Å²) < 4.78 is 5.32. The van der Waals surface area contributed by atoms with E-state index in [-0.39, 0.29) is 24.1 Å². The third kappa shape index (κ3) is 6.00. The summed E-state index contributed by atoms with van der Waals surface area (Å²) in [6.07, 6.45) is 2.86. The van der Waals surface area contributed by atoms with Crippen molar-refractivity contribution in [2.24, 2.45) is 0 Å². The molecule has 0 spiro atoms. The number of carbonyl (C=O) groups excluding carboxylic acids is 2. The maximum absolute atomic E-state index is 12.7. The van der Waals surface area contributed by atoms with Crippen molar-refractivity contribution < 1.29 is 19.2 Å². The van der Waals surface area contributed by atoms with E-state index in [1.807, 2.05) is 24.3 Å². The molecule has 8 nitrogen and oxygen atoms in total. The van der Waals surface area contributed by atoms with Crippen molar-refractivity contribution in [2.75, 3.05) is 26.8 Å². The zero-order chi connectivity index (χ0) is 24.0.